The van der Waals surface area contributed by atoms with Crippen LogP contribution in [0.5, 0.6) is 5.75 Å². The summed E-state index contributed by atoms with van der Waals surface area (Å²) in [6.07, 6.45) is 3.09. The number of aromatic amines is 1. The Labute approximate surface area is 169 Å². The lowest BCUT2D eigenvalue weighted by Gasteiger charge is -2.32. The van der Waals surface area contributed by atoms with Gasteiger partial charge in [0.15, 0.2) is 0 Å². The molecule has 7 nitrogen and oxygen atoms in total. The molecular formula is C20H25ClN4O3. The molecule has 2 heterocycles. The molecule has 1 saturated heterocycles. The number of hydrogen-bond donors (Lipinski definition) is 2. The number of carbonyl (C=O) groups is 2. The number of hydrogen-bond acceptors (Lipinski definition) is 4. The van der Waals surface area contributed by atoms with Crippen molar-refractivity contribution in [3.8, 4) is 5.75 Å². The number of benzene rings is 1. The van der Waals surface area contributed by atoms with Gasteiger partial charge in [-0.15, -0.1) is 0 Å². The molecule has 3 rings (SSSR count). The predicted molar refractivity (Wildman–Crippen MR) is 108 cm³/mol. The standard InChI is InChI=1S/C20H25ClN4O3/c1-13-10-17(24-23-13)20(27)25-9-3-4-14(12-25)5-8-19(26)22-15-6-7-18(28-2)16(21)11-15/h6-7,10-11,14H,3-5,8-9,12H2,1-2H3,(H,22,26)(H,23,24)/t14-/m1/s1. The number of aromatic nitrogens is 2. The summed E-state index contributed by atoms with van der Waals surface area (Å²) < 4.78 is 5.11. The number of aryl methyl sites for hydroxylation is 1. The van der Waals surface area contributed by atoms with Crippen molar-refractivity contribution >= 4 is 29.1 Å². The van der Waals surface area contributed by atoms with Gasteiger partial charge in [0.1, 0.15) is 11.4 Å². The Morgan fingerprint density at radius 3 is 2.89 bits per heavy atom. The lowest BCUT2D eigenvalue weighted by Crippen LogP contribution is -2.40. The average Bonchev–Trinajstić information content (AvgIpc) is 3.12. The highest BCUT2D eigenvalue weighted by Crippen LogP contribution is 2.27. The van der Waals surface area contributed by atoms with E-state index in [1.165, 1.54) is 0 Å². The number of anilines is 1. The number of carbonyl (C=O) groups excluding carboxylic acids is 2. The van der Waals surface area contributed by atoms with Crippen molar-refractivity contribution in [1.82, 2.24) is 15.1 Å². The molecule has 2 amide bonds. The van der Waals surface area contributed by atoms with Crippen molar-refractivity contribution in [3.05, 3.63) is 40.7 Å². The van der Waals surface area contributed by atoms with Crippen molar-refractivity contribution in [2.45, 2.75) is 32.6 Å². The first-order valence-corrected chi connectivity index (χ1v) is 9.78. The fraction of sp³-hybridized carbons (Fsp3) is 0.450. The van der Waals surface area contributed by atoms with Crippen LogP contribution in [-0.2, 0) is 4.79 Å². The van der Waals surface area contributed by atoms with E-state index in [4.69, 9.17) is 16.3 Å². The molecule has 2 N–H and O–H groups in total. The number of nitrogens with zero attached hydrogens (tertiary/aromatic N) is 2. The van der Waals surface area contributed by atoms with Gasteiger partial charge in [-0.1, -0.05) is 11.6 Å². The Bertz CT molecular complexity index is 852. The van der Waals surface area contributed by atoms with Crippen LogP contribution in [-0.4, -0.2) is 47.1 Å². The number of amides is 2. The molecule has 8 heteroatoms. The molecule has 1 aliphatic rings. The fourth-order valence-electron chi connectivity index (χ4n) is 3.48. The number of rotatable bonds is 6. The smallest absolute Gasteiger partial charge is 0.274 e. The summed E-state index contributed by atoms with van der Waals surface area (Å²) in [5, 5.41) is 10.2. The molecule has 0 unspecified atom stereocenters. The van der Waals surface area contributed by atoms with E-state index in [1.54, 1.807) is 31.4 Å². The first-order chi connectivity index (χ1) is 13.5. The first-order valence-electron chi connectivity index (χ1n) is 9.41. The van der Waals surface area contributed by atoms with Crippen LogP contribution >= 0.6 is 11.6 Å². The van der Waals surface area contributed by atoms with Gasteiger partial charge in [0.25, 0.3) is 5.91 Å². The van der Waals surface area contributed by atoms with Crippen molar-refractivity contribution in [2.24, 2.45) is 5.92 Å². The number of H-pyrrole nitrogens is 1. The summed E-state index contributed by atoms with van der Waals surface area (Å²) >= 11 is 6.09. The van der Waals surface area contributed by atoms with E-state index in [0.29, 0.717) is 41.0 Å². The number of methoxy groups -OCH3 is 1. The summed E-state index contributed by atoms with van der Waals surface area (Å²) in [5.74, 6) is 0.765. The molecule has 1 fully saturated rings. The molecular weight excluding hydrogens is 380 g/mol. The zero-order valence-electron chi connectivity index (χ0n) is 16.1. The van der Waals surface area contributed by atoms with Crippen LogP contribution in [0.1, 0.15) is 41.9 Å². The predicted octanol–water partition coefficient (Wildman–Crippen LogP) is 3.65. The molecule has 1 atom stereocenters. The largest absolute Gasteiger partial charge is 0.495 e. The minimum atomic E-state index is -0.0624. The van der Waals surface area contributed by atoms with Crippen molar-refractivity contribution in [2.75, 3.05) is 25.5 Å². The minimum Gasteiger partial charge on any atom is -0.495 e. The highest BCUT2D eigenvalue weighted by atomic mass is 35.5. The number of nitrogens with one attached hydrogen (secondary N) is 2. The molecule has 1 aromatic carbocycles. The number of halogens is 1. The maximum Gasteiger partial charge on any atom is 0.274 e. The van der Waals surface area contributed by atoms with Gasteiger partial charge >= 0.3 is 0 Å². The van der Waals surface area contributed by atoms with Gasteiger partial charge < -0.3 is 15.0 Å². The number of ether oxygens (including phenoxy) is 1. The molecule has 0 saturated carbocycles. The van der Waals surface area contributed by atoms with Gasteiger partial charge in [-0.3, -0.25) is 14.7 Å². The molecule has 2 aromatic rings. The summed E-state index contributed by atoms with van der Waals surface area (Å²) in [5.41, 5.74) is 1.96. The topological polar surface area (TPSA) is 87.3 Å². The van der Waals surface area contributed by atoms with E-state index in [-0.39, 0.29) is 11.8 Å². The Morgan fingerprint density at radius 1 is 1.39 bits per heavy atom. The summed E-state index contributed by atoms with van der Waals surface area (Å²) in [4.78, 5) is 26.7. The molecule has 0 aliphatic carbocycles. The van der Waals surface area contributed by atoms with Crippen molar-refractivity contribution < 1.29 is 14.3 Å². The third-order valence-electron chi connectivity index (χ3n) is 4.95. The molecule has 28 heavy (non-hydrogen) atoms. The number of piperidine rings is 1. The normalized spacial score (nSPS) is 16.7. The average molecular weight is 405 g/mol. The zero-order valence-corrected chi connectivity index (χ0v) is 16.9. The van der Waals surface area contributed by atoms with E-state index in [0.717, 1.165) is 31.5 Å². The Balaban J connectivity index is 1.49. The molecule has 1 aromatic heterocycles. The van der Waals surface area contributed by atoms with Crippen LogP contribution in [0.15, 0.2) is 24.3 Å². The Kier molecular flexibility index (Phi) is 6.57. The second-order valence-corrected chi connectivity index (χ2v) is 7.54. The summed E-state index contributed by atoms with van der Waals surface area (Å²) in [7, 11) is 1.55. The SMILES string of the molecule is COc1ccc(NC(=O)CC[C@H]2CCCN(C(=O)c3cc(C)[nH]n3)C2)cc1Cl. The van der Waals surface area contributed by atoms with Crippen LogP contribution in [0.25, 0.3) is 0 Å². The highest BCUT2D eigenvalue weighted by Gasteiger charge is 2.26. The first kappa shape index (κ1) is 20.2. The van der Waals surface area contributed by atoms with Gasteiger partial charge in [0.05, 0.1) is 12.1 Å². The van der Waals surface area contributed by atoms with Crippen LogP contribution in [0.3, 0.4) is 0 Å². The Hall–Kier alpha value is -2.54. The van der Waals surface area contributed by atoms with Crippen molar-refractivity contribution in [3.63, 3.8) is 0 Å². The third kappa shape index (κ3) is 5.04. The van der Waals surface area contributed by atoms with Gasteiger partial charge in [0, 0.05) is 30.9 Å². The summed E-state index contributed by atoms with van der Waals surface area (Å²) in [6, 6.07) is 6.92. The quantitative estimate of drug-likeness (QED) is 0.769. The lowest BCUT2D eigenvalue weighted by molar-refractivity contribution is -0.116. The van der Waals surface area contributed by atoms with Gasteiger partial charge in [0.2, 0.25) is 5.91 Å². The summed E-state index contributed by atoms with van der Waals surface area (Å²) in [6.45, 7) is 3.27. The monoisotopic (exact) mass is 404 g/mol. The van der Waals surface area contributed by atoms with Crippen LogP contribution in [0.2, 0.25) is 5.02 Å². The second-order valence-electron chi connectivity index (χ2n) is 7.13. The molecule has 1 aliphatic heterocycles. The van der Waals surface area contributed by atoms with E-state index in [9.17, 15) is 9.59 Å². The van der Waals surface area contributed by atoms with Gasteiger partial charge in [-0.25, -0.2) is 0 Å². The van der Waals surface area contributed by atoms with E-state index >= 15 is 0 Å². The van der Waals surface area contributed by atoms with Gasteiger partial charge in [-0.2, -0.15) is 5.10 Å². The maximum atomic E-state index is 12.6. The van der Waals surface area contributed by atoms with Crippen LogP contribution in [0, 0.1) is 12.8 Å². The van der Waals surface area contributed by atoms with E-state index < -0.39 is 0 Å². The number of likely N-dealkylation sites (tertiary alicyclic amines) is 1. The zero-order chi connectivity index (χ0) is 20.1. The lowest BCUT2D eigenvalue weighted by atomic mass is 9.93. The maximum absolute atomic E-state index is 12.6. The Morgan fingerprint density at radius 2 is 2.21 bits per heavy atom. The van der Waals surface area contributed by atoms with Crippen LogP contribution in [0.4, 0.5) is 5.69 Å². The van der Waals surface area contributed by atoms with E-state index in [1.807, 2.05) is 11.8 Å². The second kappa shape index (κ2) is 9.10. The van der Waals surface area contributed by atoms with E-state index in [2.05, 4.69) is 15.5 Å². The van der Waals surface area contributed by atoms with Crippen molar-refractivity contribution in [1.29, 1.82) is 0 Å². The minimum absolute atomic E-state index is 0.0497. The third-order valence-corrected chi connectivity index (χ3v) is 5.24. The van der Waals surface area contributed by atoms with Crippen LogP contribution < -0.4 is 10.1 Å². The molecule has 150 valence electrons. The highest BCUT2D eigenvalue weighted by molar-refractivity contribution is 6.32. The molecule has 0 spiro atoms. The fourth-order valence-corrected chi connectivity index (χ4v) is 3.74. The molecule has 0 radical (unpaired) electrons. The molecule has 0 bridgehead atoms. The van der Waals surface area contributed by atoms with Gasteiger partial charge in [-0.05, 0) is 56.4 Å².